The van der Waals surface area contributed by atoms with E-state index < -0.39 is 10.9 Å². The second-order valence-corrected chi connectivity index (χ2v) is 5.78. The molecule has 0 aliphatic heterocycles. The Labute approximate surface area is 160 Å². The zero-order valence-electron chi connectivity index (χ0n) is 14.7. The lowest BCUT2D eigenvalue weighted by atomic mass is 10.1. The van der Waals surface area contributed by atoms with Gasteiger partial charge in [-0.1, -0.05) is 30.3 Å². The first-order valence-electron chi connectivity index (χ1n) is 8.42. The van der Waals surface area contributed by atoms with Crippen molar-refractivity contribution in [1.82, 2.24) is 9.97 Å². The van der Waals surface area contributed by atoms with Gasteiger partial charge in [-0.2, -0.15) is 0 Å². The highest BCUT2D eigenvalue weighted by Gasteiger charge is 2.14. The fourth-order valence-corrected chi connectivity index (χ4v) is 2.53. The molecule has 0 amide bonds. The Morgan fingerprint density at radius 2 is 1.68 bits per heavy atom. The Morgan fingerprint density at radius 3 is 2.29 bits per heavy atom. The minimum absolute atomic E-state index is 0.0696. The molecule has 28 heavy (non-hydrogen) atoms. The van der Waals surface area contributed by atoms with Crippen molar-refractivity contribution in [3.63, 3.8) is 0 Å². The number of hydrogen-bond donors (Lipinski definition) is 3. The first-order chi connectivity index (χ1) is 13.5. The molecule has 3 aromatic rings. The van der Waals surface area contributed by atoms with Crippen LogP contribution in [0.25, 0.3) is 11.3 Å². The Morgan fingerprint density at radius 1 is 1.00 bits per heavy atom. The van der Waals surface area contributed by atoms with Gasteiger partial charge in [-0.15, -0.1) is 0 Å². The number of aromatic nitrogens is 2. The summed E-state index contributed by atoms with van der Waals surface area (Å²) in [5, 5.41) is 26.2. The first-order valence-corrected chi connectivity index (χ1v) is 8.42. The first kappa shape index (κ1) is 18.8. The summed E-state index contributed by atoms with van der Waals surface area (Å²) in [4.78, 5) is 30.0. The zero-order chi connectivity index (χ0) is 19.9. The van der Waals surface area contributed by atoms with E-state index in [9.17, 15) is 20.0 Å². The summed E-state index contributed by atoms with van der Waals surface area (Å²) in [7, 11) is 0. The molecule has 0 spiro atoms. The standard InChI is InChI=1S/C19H17N5O4/c25-19(26)15-7-9-17(23-18(15)13-4-2-1-3-5-13)21-11-10-20-16-8-6-14(12-22-16)24(27)28/h1-9,12H,10-11H2,(H,20,22)(H,21,23)(H,25,26). The van der Waals surface area contributed by atoms with Gasteiger partial charge in [0.2, 0.25) is 0 Å². The summed E-state index contributed by atoms with van der Waals surface area (Å²) in [6.45, 7) is 0.986. The van der Waals surface area contributed by atoms with E-state index in [1.807, 2.05) is 18.2 Å². The topological polar surface area (TPSA) is 130 Å². The highest BCUT2D eigenvalue weighted by molar-refractivity contribution is 5.95. The summed E-state index contributed by atoms with van der Waals surface area (Å²) >= 11 is 0. The molecule has 0 aliphatic carbocycles. The van der Waals surface area contributed by atoms with Gasteiger partial charge in [0.1, 0.15) is 17.8 Å². The van der Waals surface area contributed by atoms with Gasteiger partial charge in [0.25, 0.3) is 5.69 Å². The van der Waals surface area contributed by atoms with Crippen LogP contribution in [0.1, 0.15) is 10.4 Å². The molecule has 0 unspecified atom stereocenters. The number of nitrogens with one attached hydrogen (secondary N) is 2. The van der Waals surface area contributed by atoms with Crippen LogP contribution >= 0.6 is 0 Å². The predicted molar refractivity (Wildman–Crippen MR) is 105 cm³/mol. The van der Waals surface area contributed by atoms with Gasteiger partial charge in [0.15, 0.2) is 0 Å². The van der Waals surface area contributed by atoms with Crippen molar-refractivity contribution in [3.8, 4) is 11.3 Å². The minimum Gasteiger partial charge on any atom is -0.478 e. The van der Waals surface area contributed by atoms with Crippen molar-refractivity contribution < 1.29 is 14.8 Å². The van der Waals surface area contributed by atoms with E-state index in [1.165, 1.54) is 24.4 Å². The van der Waals surface area contributed by atoms with Gasteiger partial charge in [0.05, 0.1) is 16.2 Å². The Kier molecular flexibility index (Phi) is 5.75. The Hall–Kier alpha value is -4.01. The number of anilines is 2. The summed E-state index contributed by atoms with van der Waals surface area (Å²) < 4.78 is 0. The lowest BCUT2D eigenvalue weighted by Crippen LogP contribution is -2.15. The van der Waals surface area contributed by atoms with Gasteiger partial charge in [0, 0.05) is 24.7 Å². The van der Waals surface area contributed by atoms with E-state index in [-0.39, 0.29) is 11.3 Å². The largest absolute Gasteiger partial charge is 0.478 e. The fourth-order valence-electron chi connectivity index (χ4n) is 2.53. The predicted octanol–water partition coefficient (Wildman–Crippen LogP) is 3.27. The van der Waals surface area contributed by atoms with Gasteiger partial charge >= 0.3 is 5.97 Å². The van der Waals surface area contributed by atoms with Crippen molar-refractivity contribution in [1.29, 1.82) is 0 Å². The molecule has 2 aromatic heterocycles. The van der Waals surface area contributed by atoms with E-state index in [0.29, 0.717) is 30.4 Å². The fraction of sp³-hybridized carbons (Fsp3) is 0.105. The molecule has 142 valence electrons. The van der Waals surface area contributed by atoms with Gasteiger partial charge in [-0.25, -0.2) is 14.8 Å². The molecule has 0 radical (unpaired) electrons. The second kappa shape index (κ2) is 8.58. The molecule has 0 saturated carbocycles. The third-order valence-electron chi connectivity index (χ3n) is 3.87. The maximum absolute atomic E-state index is 11.5. The molecule has 0 fully saturated rings. The van der Waals surface area contributed by atoms with Crippen molar-refractivity contribution in [2.45, 2.75) is 0 Å². The molecular weight excluding hydrogens is 362 g/mol. The van der Waals surface area contributed by atoms with E-state index in [2.05, 4.69) is 20.6 Å². The number of nitro groups is 1. The molecule has 2 heterocycles. The van der Waals surface area contributed by atoms with E-state index in [0.717, 1.165) is 5.56 Å². The number of carboxylic acids is 1. The van der Waals surface area contributed by atoms with Crippen LogP contribution in [0.2, 0.25) is 0 Å². The number of nitrogens with zero attached hydrogens (tertiary/aromatic N) is 3. The minimum atomic E-state index is -1.04. The number of carboxylic acid groups (broad SMARTS) is 1. The number of pyridine rings is 2. The molecule has 1 aromatic carbocycles. The summed E-state index contributed by atoms with van der Waals surface area (Å²) in [6, 6.07) is 15.1. The highest BCUT2D eigenvalue weighted by Crippen LogP contribution is 2.23. The van der Waals surface area contributed by atoms with Crippen LogP contribution in [0.15, 0.2) is 60.8 Å². The summed E-state index contributed by atoms with van der Waals surface area (Å²) in [5.41, 5.74) is 1.17. The van der Waals surface area contributed by atoms with Crippen molar-refractivity contribution in [2.24, 2.45) is 0 Å². The zero-order valence-corrected chi connectivity index (χ0v) is 14.7. The third kappa shape index (κ3) is 4.58. The van der Waals surface area contributed by atoms with Crippen LogP contribution in [0, 0.1) is 10.1 Å². The molecular formula is C19H17N5O4. The quantitative estimate of drug-likeness (QED) is 0.309. The average molecular weight is 379 g/mol. The van der Waals surface area contributed by atoms with Crippen LogP contribution < -0.4 is 10.6 Å². The van der Waals surface area contributed by atoms with Crippen molar-refractivity contribution >= 4 is 23.3 Å². The van der Waals surface area contributed by atoms with Crippen LogP contribution in [0.3, 0.4) is 0 Å². The summed E-state index contributed by atoms with van der Waals surface area (Å²) in [5.74, 6) is 0.0256. The second-order valence-electron chi connectivity index (χ2n) is 5.78. The van der Waals surface area contributed by atoms with Crippen LogP contribution in [0.4, 0.5) is 17.3 Å². The molecule has 0 aliphatic rings. The smallest absolute Gasteiger partial charge is 0.337 e. The monoisotopic (exact) mass is 379 g/mol. The van der Waals surface area contributed by atoms with Crippen LogP contribution in [-0.2, 0) is 0 Å². The van der Waals surface area contributed by atoms with E-state index in [4.69, 9.17) is 0 Å². The Bertz CT molecular complexity index is 977. The van der Waals surface area contributed by atoms with E-state index in [1.54, 1.807) is 18.2 Å². The Balaban J connectivity index is 1.63. The number of carbonyl (C=O) groups is 1. The highest BCUT2D eigenvalue weighted by atomic mass is 16.6. The van der Waals surface area contributed by atoms with Gasteiger partial charge < -0.3 is 15.7 Å². The van der Waals surface area contributed by atoms with Gasteiger partial charge in [-0.05, 0) is 18.2 Å². The number of rotatable bonds is 8. The molecule has 9 nitrogen and oxygen atoms in total. The third-order valence-corrected chi connectivity index (χ3v) is 3.87. The normalized spacial score (nSPS) is 10.3. The maximum atomic E-state index is 11.5. The summed E-state index contributed by atoms with van der Waals surface area (Å²) in [6.07, 6.45) is 1.19. The molecule has 0 atom stereocenters. The maximum Gasteiger partial charge on any atom is 0.337 e. The van der Waals surface area contributed by atoms with Crippen LogP contribution in [0.5, 0.6) is 0 Å². The van der Waals surface area contributed by atoms with Crippen LogP contribution in [-0.4, -0.2) is 39.1 Å². The van der Waals surface area contributed by atoms with Gasteiger partial charge in [-0.3, -0.25) is 10.1 Å². The lowest BCUT2D eigenvalue weighted by molar-refractivity contribution is -0.385. The molecule has 3 rings (SSSR count). The van der Waals surface area contributed by atoms with Crippen molar-refractivity contribution in [2.75, 3.05) is 23.7 Å². The molecule has 0 saturated heterocycles. The lowest BCUT2D eigenvalue weighted by Gasteiger charge is -2.11. The molecule has 9 heteroatoms. The molecule has 0 bridgehead atoms. The SMILES string of the molecule is O=C(O)c1ccc(NCCNc2ccc([N+](=O)[O-])cn2)nc1-c1ccccc1. The number of benzene rings is 1. The molecule has 3 N–H and O–H groups in total. The van der Waals surface area contributed by atoms with E-state index >= 15 is 0 Å². The number of aromatic carboxylic acids is 1. The number of hydrogen-bond acceptors (Lipinski definition) is 7. The average Bonchev–Trinajstić information content (AvgIpc) is 2.72. The van der Waals surface area contributed by atoms with Crippen molar-refractivity contribution in [3.05, 3.63) is 76.5 Å².